The van der Waals surface area contributed by atoms with E-state index < -0.39 is 5.91 Å². The summed E-state index contributed by atoms with van der Waals surface area (Å²) in [5.74, 6) is -0.403. The molecule has 0 aromatic carbocycles. The summed E-state index contributed by atoms with van der Waals surface area (Å²) in [5.41, 5.74) is 2.34. The van der Waals surface area contributed by atoms with E-state index in [9.17, 15) is 10.1 Å². The van der Waals surface area contributed by atoms with E-state index >= 15 is 0 Å². The lowest BCUT2D eigenvalue weighted by Crippen LogP contribution is -2.16. The number of amides is 1. The number of anilines is 1. The monoisotopic (exact) mass is 374 g/mol. The van der Waals surface area contributed by atoms with Crippen molar-refractivity contribution >= 4 is 22.4 Å². The normalized spacial score (nSPS) is 10.3. The van der Waals surface area contributed by atoms with E-state index in [0.717, 1.165) is 0 Å². The quantitative estimate of drug-likeness (QED) is 0.581. The highest BCUT2D eigenvalue weighted by molar-refractivity contribution is 7.14. The fourth-order valence-electron chi connectivity index (χ4n) is 2.37. The number of hydrogen-bond donors (Lipinski definition) is 1. The summed E-state index contributed by atoms with van der Waals surface area (Å²) in [7, 11) is 0. The third kappa shape index (κ3) is 3.26. The number of aromatic nitrogens is 6. The van der Waals surface area contributed by atoms with Crippen molar-refractivity contribution in [3.63, 3.8) is 0 Å². The van der Waals surface area contributed by atoms with Crippen LogP contribution in [0.3, 0.4) is 0 Å². The highest BCUT2D eigenvalue weighted by atomic mass is 32.1. The number of hydrogen-bond acceptors (Lipinski definition) is 8. The van der Waals surface area contributed by atoms with Crippen LogP contribution in [0.15, 0.2) is 54.4 Å². The van der Waals surface area contributed by atoms with E-state index in [2.05, 4.69) is 36.7 Å². The largest absolute Gasteiger partial charge is 0.296 e. The summed E-state index contributed by atoms with van der Waals surface area (Å²) < 4.78 is 1.41. The summed E-state index contributed by atoms with van der Waals surface area (Å²) in [4.78, 5) is 25.1. The number of nitriles is 1. The molecule has 4 rings (SSSR count). The zero-order valence-corrected chi connectivity index (χ0v) is 14.5. The van der Waals surface area contributed by atoms with Gasteiger partial charge in [-0.3, -0.25) is 20.1 Å². The van der Waals surface area contributed by atoms with Gasteiger partial charge in [0.25, 0.3) is 5.91 Å². The Morgan fingerprint density at radius 3 is 2.89 bits per heavy atom. The minimum absolute atomic E-state index is 0.258. The van der Waals surface area contributed by atoms with Gasteiger partial charge in [0, 0.05) is 24.0 Å². The van der Waals surface area contributed by atoms with Crippen molar-refractivity contribution in [3.8, 4) is 23.1 Å². The Morgan fingerprint density at radius 1 is 1.22 bits per heavy atom. The van der Waals surface area contributed by atoms with Gasteiger partial charge < -0.3 is 0 Å². The molecular formula is C17H10N8OS. The second kappa shape index (κ2) is 7.11. The highest BCUT2D eigenvalue weighted by Gasteiger charge is 2.17. The van der Waals surface area contributed by atoms with Gasteiger partial charge >= 0.3 is 0 Å². The molecule has 4 aromatic rings. The minimum atomic E-state index is -0.403. The predicted molar refractivity (Wildman–Crippen MR) is 97.2 cm³/mol. The molecule has 4 aromatic heterocycles. The van der Waals surface area contributed by atoms with Gasteiger partial charge in [0.2, 0.25) is 0 Å². The van der Waals surface area contributed by atoms with Gasteiger partial charge in [0.05, 0.1) is 17.4 Å². The summed E-state index contributed by atoms with van der Waals surface area (Å²) in [6.07, 6.45) is 6.17. The van der Waals surface area contributed by atoms with Gasteiger partial charge in [-0.05, 0) is 24.3 Å². The van der Waals surface area contributed by atoms with Crippen LogP contribution < -0.4 is 5.32 Å². The Labute approximate surface area is 157 Å². The molecule has 0 unspecified atom stereocenters. The zero-order valence-electron chi connectivity index (χ0n) is 13.6. The fraction of sp³-hybridized carbons (Fsp3) is 0. The molecule has 0 radical (unpaired) electrons. The van der Waals surface area contributed by atoms with Crippen LogP contribution in [0.4, 0.5) is 5.13 Å². The van der Waals surface area contributed by atoms with E-state index in [1.54, 1.807) is 48.2 Å². The van der Waals surface area contributed by atoms with Crippen LogP contribution in [0.2, 0.25) is 0 Å². The Kier molecular flexibility index (Phi) is 4.34. The standard InChI is InChI=1S/C17H10N8OS/c18-8-11-2-1-5-20-15(11)13-10-27-17(22-13)23-16(26)14-9-21-24-25(14)12-3-6-19-7-4-12/h1-7,9-10H,(H,22,23,26). The maximum absolute atomic E-state index is 12.6. The Morgan fingerprint density at radius 2 is 2.07 bits per heavy atom. The number of thiazole rings is 1. The Balaban J connectivity index is 1.58. The molecule has 0 fully saturated rings. The average molecular weight is 374 g/mol. The van der Waals surface area contributed by atoms with Crippen LogP contribution in [0.1, 0.15) is 16.1 Å². The third-order valence-electron chi connectivity index (χ3n) is 3.58. The second-order valence-corrected chi connectivity index (χ2v) is 6.10. The highest BCUT2D eigenvalue weighted by Crippen LogP contribution is 2.26. The zero-order chi connectivity index (χ0) is 18.6. The van der Waals surface area contributed by atoms with Crippen LogP contribution in [-0.2, 0) is 0 Å². The van der Waals surface area contributed by atoms with Crippen LogP contribution in [0.5, 0.6) is 0 Å². The van der Waals surface area contributed by atoms with Gasteiger partial charge in [-0.2, -0.15) is 5.26 Å². The molecule has 0 aliphatic rings. The number of nitrogens with zero attached hydrogens (tertiary/aromatic N) is 7. The second-order valence-electron chi connectivity index (χ2n) is 5.24. The molecule has 0 atom stereocenters. The number of pyridine rings is 2. The van der Waals surface area contributed by atoms with Gasteiger partial charge in [-0.25, -0.2) is 9.67 Å². The van der Waals surface area contributed by atoms with Gasteiger partial charge in [-0.1, -0.05) is 5.21 Å². The lowest BCUT2D eigenvalue weighted by Gasteiger charge is -2.05. The summed E-state index contributed by atoms with van der Waals surface area (Å²) in [6, 6.07) is 8.87. The molecule has 130 valence electrons. The van der Waals surface area contributed by atoms with Gasteiger partial charge in [-0.15, -0.1) is 16.4 Å². The maximum atomic E-state index is 12.6. The molecule has 1 N–H and O–H groups in total. The first-order valence-corrected chi connectivity index (χ1v) is 8.57. The van der Waals surface area contributed by atoms with Crippen molar-refractivity contribution in [2.24, 2.45) is 0 Å². The number of nitrogens with one attached hydrogen (secondary N) is 1. The fourth-order valence-corrected chi connectivity index (χ4v) is 3.06. The first kappa shape index (κ1) is 16.5. The predicted octanol–water partition coefficient (Wildman–Crippen LogP) is 2.30. The van der Waals surface area contributed by atoms with Crippen molar-refractivity contribution in [3.05, 3.63) is 65.7 Å². The topological polar surface area (TPSA) is 122 Å². The lowest BCUT2D eigenvalue weighted by atomic mass is 10.2. The van der Waals surface area contributed by atoms with E-state index in [4.69, 9.17) is 0 Å². The molecule has 0 spiro atoms. The molecule has 9 nitrogen and oxygen atoms in total. The molecule has 4 heterocycles. The van der Waals surface area contributed by atoms with Crippen LogP contribution in [0.25, 0.3) is 17.1 Å². The molecule has 0 saturated heterocycles. The van der Waals surface area contributed by atoms with Gasteiger partial charge in [0.15, 0.2) is 10.8 Å². The number of carbonyl (C=O) groups excluding carboxylic acids is 1. The number of rotatable bonds is 4. The van der Waals surface area contributed by atoms with Crippen molar-refractivity contribution in [2.45, 2.75) is 0 Å². The average Bonchev–Trinajstić information content (AvgIpc) is 3.38. The Hall–Kier alpha value is -3.97. The third-order valence-corrected chi connectivity index (χ3v) is 4.34. The van der Waals surface area contributed by atoms with E-state index in [-0.39, 0.29) is 5.69 Å². The van der Waals surface area contributed by atoms with Crippen LogP contribution >= 0.6 is 11.3 Å². The molecular weight excluding hydrogens is 364 g/mol. The van der Waals surface area contributed by atoms with Crippen LogP contribution in [-0.4, -0.2) is 35.9 Å². The molecule has 1 amide bonds. The maximum Gasteiger partial charge on any atom is 0.277 e. The molecule has 0 aliphatic heterocycles. The van der Waals surface area contributed by atoms with Crippen molar-refractivity contribution in [2.75, 3.05) is 5.32 Å². The van der Waals surface area contributed by atoms with Crippen LogP contribution in [0, 0.1) is 11.3 Å². The molecule has 0 bridgehead atoms. The summed E-state index contributed by atoms with van der Waals surface area (Å²) >= 11 is 1.24. The van der Waals surface area contributed by atoms with Gasteiger partial charge in [0.1, 0.15) is 17.5 Å². The Bertz CT molecular complexity index is 1140. The molecule has 27 heavy (non-hydrogen) atoms. The van der Waals surface area contributed by atoms with Crippen molar-refractivity contribution in [1.29, 1.82) is 5.26 Å². The SMILES string of the molecule is N#Cc1cccnc1-c1csc(NC(=O)c2cnnn2-c2ccncc2)n1. The van der Waals surface area contributed by atoms with E-state index in [0.29, 0.717) is 27.8 Å². The number of carbonyl (C=O) groups is 1. The van der Waals surface area contributed by atoms with E-state index in [1.807, 2.05) is 0 Å². The molecule has 10 heteroatoms. The minimum Gasteiger partial charge on any atom is -0.296 e. The first-order valence-electron chi connectivity index (χ1n) is 7.70. The molecule has 0 saturated carbocycles. The van der Waals surface area contributed by atoms with Crippen molar-refractivity contribution in [1.82, 2.24) is 29.9 Å². The summed E-state index contributed by atoms with van der Waals surface area (Å²) in [6.45, 7) is 0. The molecule has 0 aliphatic carbocycles. The smallest absolute Gasteiger partial charge is 0.277 e. The summed E-state index contributed by atoms with van der Waals surface area (Å²) in [5, 5.41) is 21.8. The lowest BCUT2D eigenvalue weighted by molar-refractivity contribution is 0.101. The first-order chi connectivity index (χ1) is 13.3. The van der Waals surface area contributed by atoms with Crippen molar-refractivity contribution < 1.29 is 4.79 Å². The van der Waals surface area contributed by atoms with E-state index in [1.165, 1.54) is 22.2 Å².